The molecule has 0 radical (unpaired) electrons. The molecule has 0 spiro atoms. The average Bonchev–Trinajstić information content (AvgIpc) is 2.94. The first kappa shape index (κ1) is 15.3. The van der Waals surface area contributed by atoms with E-state index in [4.69, 9.17) is 9.26 Å². The van der Waals surface area contributed by atoms with Gasteiger partial charge in [0.1, 0.15) is 5.75 Å². The molecule has 1 heterocycles. The maximum atomic E-state index is 5.33. The van der Waals surface area contributed by atoms with Crippen molar-refractivity contribution in [1.29, 1.82) is 0 Å². The Balaban J connectivity index is 2.11. The molecule has 0 aliphatic carbocycles. The van der Waals surface area contributed by atoms with E-state index in [1.807, 2.05) is 31.2 Å². The topological polar surface area (TPSA) is 51.4 Å². The molecule has 0 fully saturated rings. The first-order valence-electron chi connectivity index (χ1n) is 6.96. The summed E-state index contributed by atoms with van der Waals surface area (Å²) in [5.41, 5.74) is 2.00. The van der Waals surface area contributed by atoms with Crippen LogP contribution in [0.25, 0.3) is 11.4 Å². The lowest BCUT2D eigenvalue weighted by molar-refractivity contribution is 0.252. The van der Waals surface area contributed by atoms with Crippen molar-refractivity contribution in [2.75, 3.05) is 20.2 Å². The van der Waals surface area contributed by atoms with E-state index in [-0.39, 0.29) is 0 Å². The van der Waals surface area contributed by atoms with E-state index in [2.05, 4.69) is 28.5 Å². The fourth-order valence-electron chi connectivity index (χ4n) is 2.05. The van der Waals surface area contributed by atoms with Crippen LogP contribution >= 0.6 is 0 Å². The van der Waals surface area contributed by atoms with Crippen LogP contribution in [0.5, 0.6) is 5.75 Å². The fourth-order valence-corrected chi connectivity index (χ4v) is 2.05. The van der Waals surface area contributed by atoms with Crippen LogP contribution in [0.2, 0.25) is 0 Å². The van der Waals surface area contributed by atoms with Crippen molar-refractivity contribution in [1.82, 2.24) is 15.0 Å². The fraction of sp³-hybridized carbons (Fsp3) is 0.375. The molecule has 2 rings (SSSR count). The highest BCUT2D eigenvalue weighted by Gasteiger charge is 2.12. The van der Waals surface area contributed by atoms with Crippen molar-refractivity contribution in [3.05, 3.63) is 42.3 Å². The molecule has 112 valence electrons. The van der Waals surface area contributed by atoms with Gasteiger partial charge < -0.3 is 9.26 Å². The standard InChI is InChI=1S/C16H21N3O2/c1-5-19(10-12(2)3)11-15-17-16(18-21-15)13-7-6-8-14(9-13)20-4/h6-9H,2,5,10-11H2,1,3-4H3. The van der Waals surface area contributed by atoms with Crippen molar-refractivity contribution in [3.63, 3.8) is 0 Å². The van der Waals surface area contributed by atoms with Gasteiger partial charge in [0.2, 0.25) is 11.7 Å². The van der Waals surface area contributed by atoms with Crippen LogP contribution in [0.4, 0.5) is 0 Å². The van der Waals surface area contributed by atoms with E-state index in [9.17, 15) is 0 Å². The summed E-state index contributed by atoms with van der Waals surface area (Å²) in [6, 6.07) is 7.61. The Morgan fingerprint density at radius 3 is 2.90 bits per heavy atom. The van der Waals surface area contributed by atoms with Crippen LogP contribution in [-0.2, 0) is 6.54 Å². The van der Waals surface area contributed by atoms with Crippen LogP contribution in [0.1, 0.15) is 19.7 Å². The van der Waals surface area contributed by atoms with Crippen LogP contribution < -0.4 is 4.74 Å². The van der Waals surface area contributed by atoms with E-state index >= 15 is 0 Å². The summed E-state index contributed by atoms with van der Waals surface area (Å²) in [5, 5.41) is 4.04. The number of nitrogens with zero attached hydrogens (tertiary/aromatic N) is 3. The van der Waals surface area contributed by atoms with Gasteiger partial charge in [-0.05, 0) is 25.6 Å². The average molecular weight is 287 g/mol. The highest BCUT2D eigenvalue weighted by atomic mass is 16.5. The zero-order valence-electron chi connectivity index (χ0n) is 12.8. The number of hydrogen-bond donors (Lipinski definition) is 0. The van der Waals surface area contributed by atoms with Gasteiger partial charge in [-0.2, -0.15) is 4.98 Å². The monoisotopic (exact) mass is 287 g/mol. The summed E-state index contributed by atoms with van der Waals surface area (Å²) in [6.07, 6.45) is 0. The van der Waals surface area contributed by atoms with Crippen molar-refractivity contribution in [2.24, 2.45) is 0 Å². The molecule has 0 saturated carbocycles. The van der Waals surface area contributed by atoms with E-state index in [1.165, 1.54) is 0 Å². The van der Waals surface area contributed by atoms with Crippen LogP contribution in [0, 0.1) is 0 Å². The minimum absolute atomic E-state index is 0.579. The van der Waals surface area contributed by atoms with E-state index < -0.39 is 0 Å². The second kappa shape index (κ2) is 7.04. The second-order valence-corrected chi connectivity index (χ2v) is 5.00. The van der Waals surface area contributed by atoms with Crippen molar-refractivity contribution in [3.8, 4) is 17.1 Å². The molecule has 1 aromatic carbocycles. The minimum Gasteiger partial charge on any atom is -0.497 e. The molecule has 5 nitrogen and oxygen atoms in total. The molecule has 0 unspecified atom stereocenters. The van der Waals surface area contributed by atoms with Crippen LogP contribution in [0.15, 0.2) is 40.9 Å². The van der Waals surface area contributed by atoms with Gasteiger partial charge in [0.25, 0.3) is 0 Å². The molecule has 0 aliphatic heterocycles. The van der Waals surface area contributed by atoms with Gasteiger partial charge in [-0.15, -0.1) is 0 Å². The Hall–Kier alpha value is -2.14. The normalized spacial score (nSPS) is 10.9. The molecule has 21 heavy (non-hydrogen) atoms. The molecule has 0 atom stereocenters. The third-order valence-corrected chi connectivity index (χ3v) is 3.10. The van der Waals surface area contributed by atoms with Gasteiger partial charge in [0, 0.05) is 12.1 Å². The quantitative estimate of drug-likeness (QED) is 0.732. The van der Waals surface area contributed by atoms with Gasteiger partial charge in [-0.25, -0.2) is 0 Å². The number of benzene rings is 1. The van der Waals surface area contributed by atoms with Gasteiger partial charge >= 0.3 is 0 Å². The predicted octanol–water partition coefficient (Wildman–Crippen LogP) is 3.14. The molecular formula is C16H21N3O2. The number of methoxy groups -OCH3 is 1. The number of hydrogen-bond acceptors (Lipinski definition) is 5. The van der Waals surface area contributed by atoms with E-state index in [1.54, 1.807) is 7.11 Å². The van der Waals surface area contributed by atoms with E-state index in [0.717, 1.165) is 30.0 Å². The largest absolute Gasteiger partial charge is 0.497 e. The van der Waals surface area contributed by atoms with Gasteiger partial charge in [0.15, 0.2) is 0 Å². The maximum absolute atomic E-state index is 5.33. The molecule has 5 heteroatoms. The third-order valence-electron chi connectivity index (χ3n) is 3.10. The van der Waals surface area contributed by atoms with E-state index in [0.29, 0.717) is 18.3 Å². The Bertz CT molecular complexity index is 607. The Kier molecular flexibility index (Phi) is 5.11. The van der Waals surface area contributed by atoms with Crippen molar-refractivity contribution >= 4 is 0 Å². The molecule has 0 bridgehead atoms. The Morgan fingerprint density at radius 1 is 1.43 bits per heavy atom. The number of rotatable bonds is 7. The molecule has 0 saturated heterocycles. The van der Waals surface area contributed by atoms with Gasteiger partial charge in [-0.1, -0.05) is 36.4 Å². The zero-order chi connectivity index (χ0) is 15.2. The number of likely N-dealkylation sites (N-methyl/N-ethyl adjacent to an activating group) is 1. The second-order valence-electron chi connectivity index (χ2n) is 5.00. The number of ether oxygens (including phenoxy) is 1. The lowest BCUT2D eigenvalue weighted by atomic mass is 10.2. The summed E-state index contributed by atoms with van der Waals surface area (Å²) >= 11 is 0. The lowest BCUT2D eigenvalue weighted by Gasteiger charge is -2.17. The predicted molar refractivity (Wildman–Crippen MR) is 82.1 cm³/mol. The molecular weight excluding hydrogens is 266 g/mol. The third kappa shape index (κ3) is 4.16. The SMILES string of the molecule is C=C(C)CN(CC)Cc1nc(-c2cccc(OC)c2)no1. The summed E-state index contributed by atoms with van der Waals surface area (Å²) < 4.78 is 10.5. The molecule has 0 N–H and O–H groups in total. The summed E-state index contributed by atoms with van der Waals surface area (Å²) in [4.78, 5) is 6.65. The zero-order valence-corrected chi connectivity index (χ0v) is 12.8. The van der Waals surface area contributed by atoms with Crippen molar-refractivity contribution < 1.29 is 9.26 Å². The Labute approximate surface area is 125 Å². The minimum atomic E-state index is 0.579. The first-order chi connectivity index (χ1) is 10.1. The highest BCUT2D eigenvalue weighted by molar-refractivity contribution is 5.56. The summed E-state index contributed by atoms with van der Waals surface area (Å²) in [5.74, 6) is 1.96. The first-order valence-corrected chi connectivity index (χ1v) is 6.96. The molecule has 0 aliphatic rings. The van der Waals surface area contributed by atoms with Gasteiger partial charge in [-0.3, -0.25) is 4.90 Å². The molecule has 1 aromatic heterocycles. The number of aromatic nitrogens is 2. The van der Waals surface area contributed by atoms with Crippen LogP contribution in [0.3, 0.4) is 0 Å². The lowest BCUT2D eigenvalue weighted by Crippen LogP contribution is -2.24. The van der Waals surface area contributed by atoms with Crippen LogP contribution in [-0.4, -0.2) is 35.2 Å². The molecule has 2 aromatic rings. The van der Waals surface area contributed by atoms with Crippen molar-refractivity contribution in [2.45, 2.75) is 20.4 Å². The smallest absolute Gasteiger partial charge is 0.241 e. The summed E-state index contributed by atoms with van der Waals surface area (Å²) in [6.45, 7) is 10.4. The van der Waals surface area contributed by atoms with Gasteiger partial charge in [0.05, 0.1) is 13.7 Å². The maximum Gasteiger partial charge on any atom is 0.241 e. The molecule has 0 amide bonds. The summed E-state index contributed by atoms with van der Waals surface area (Å²) in [7, 11) is 1.64. The highest BCUT2D eigenvalue weighted by Crippen LogP contribution is 2.21. The Morgan fingerprint density at radius 2 is 2.24 bits per heavy atom.